The van der Waals surface area contributed by atoms with Crippen LogP contribution in [0.3, 0.4) is 0 Å². The van der Waals surface area contributed by atoms with Crippen molar-refractivity contribution in [2.24, 2.45) is 5.92 Å². The van der Waals surface area contributed by atoms with Gasteiger partial charge in [0.05, 0.1) is 10.8 Å². The molecule has 17 heavy (non-hydrogen) atoms. The predicted octanol–water partition coefficient (Wildman–Crippen LogP) is 2.09. The van der Waals surface area contributed by atoms with Crippen molar-refractivity contribution in [3.8, 4) is 0 Å². The summed E-state index contributed by atoms with van der Waals surface area (Å²) in [6, 6.07) is 0. The Morgan fingerprint density at radius 3 is 2.59 bits per heavy atom. The molecule has 1 heterocycles. The van der Waals surface area contributed by atoms with Gasteiger partial charge in [0.15, 0.2) is 9.84 Å². The van der Waals surface area contributed by atoms with E-state index in [2.05, 4.69) is 4.98 Å². The summed E-state index contributed by atoms with van der Waals surface area (Å²) in [6.07, 6.45) is -1.91. The van der Waals surface area contributed by atoms with E-state index in [0.29, 0.717) is 11.3 Å². The first-order valence-corrected chi connectivity index (χ1v) is 7.04. The number of alkyl halides is 3. The van der Waals surface area contributed by atoms with Crippen LogP contribution in [0.4, 0.5) is 13.2 Å². The first-order chi connectivity index (χ1) is 7.69. The Balaban J connectivity index is 2.34. The second-order valence-electron chi connectivity index (χ2n) is 4.36. The molecule has 3 nitrogen and oxygen atoms in total. The normalized spacial score (nSPS) is 21.3. The van der Waals surface area contributed by atoms with Gasteiger partial charge >= 0.3 is 6.18 Å². The van der Waals surface area contributed by atoms with E-state index in [1.165, 1.54) is 6.20 Å². The molecule has 0 amide bonds. The van der Waals surface area contributed by atoms with Gasteiger partial charge in [-0.25, -0.2) is 8.42 Å². The molecule has 7 heteroatoms. The Morgan fingerprint density at radius 1 is 1.41 bits per heavy atom. The molecule has 1 aromatic rings. The Hall–Kier alpha value is -0.980. The summed E-state index contributed by atoms with van der Waals surface area (Å²) in [7, 11) is -3.37. The van der Waals surface area contributed by atoms with Crippen LogP contribution < -0.4 is 0 Å². The molecule has 1 atom stereocenters. The first-order valence-electron chi connectivity index (χ1n) is 5.15. The van der Waals surface area contributed by atoms with E-state index in [4.69, 9.17) is 0 Å². The topological polar surface area (TPSA) is 49.9 Å². The summed E-state index contributed by atoms with van der Waals surface area (Å²) in [5.41, 5.74) is 0.923. The van der Waals surface area contributed by atoms with Gasteiger partial charge in [-0.15, -0.1) is 0 Å². The molecule has 1 aliphatic rings. The number of hydrogen-bond donors (Lipinski definition) is 1. The number of rotatable bonds is 1. The van der Waals surface area contributed by atoms with E-state index in [0.717, 1.165) is 6.26 Å². The molecule has 0 spiro atoms. The minimum absolute atomic E-state index is 0.0448. The molecule has 0 radical (unpaired) electrons. The molecular weight excluding hydrogens is 255 g/mol. The molecule has 0 aromatic carbocycles. The van der Waals surface area contributed by atoms with Gasteiger partial charge in [-0.2, -0.15) is 13.2 Å². The van der Waals surface area contributed by atoms with E-state index >= 15 is 0 Å². The van der Waals surface area contributed by atoms with Gasteiger partial charge in [-0.05, 0) is 24.8 Å². The van der Waals surface area contributed by atoms with Gasteiger partial charge in [0.2, 0.25) is 0 Å². The van der Waals surface area contributed by atoms with Crippen molar-refractivity contribution in [2.75, 3.05) is 6.26 Å². The van der Waals surface area contributed by atoms with Crippen molar-refractivity contribution in [1.29, 1.82) is 0 Å². The fourth-order valence-electron chi connectivity index (χ4n) is 2.21. The first kappa shape index (κ1) is 12.5. The summed E-state index contributed by atoms with van der Waals surface area (Å²) >= 11 is 0. The number of nitrogens with one attached hydrogen (secondary N) is 1. The zero-order valence-corrected chi connectivity index (χ0v) is 9.95. The SMILES string of the molecule is CS(=O)(=O)c1c[nH]c2c1CCC(C(F)(F)F)C2. The van der Waals surface area contributed by atoms with Gasteiger partial charge < -0.3 is 4.98 Å². The molecule has 1 unspecified atom stereocenters. The molecule has 0 aliphatic heterocycles. The number of hydrogen-bond acceptors (Lipinski definition) is 2. The maximum Gasteiger partial charge on any atom is 0.392 e. The molecule has 0 saturated heterocycles. The van der Waals surface area contributed by atoms with Gasteiger partial charge in [0.1, 0.15) is 0 Å². The van der Waals surface area contributed by atoms with Gasteiger partial charge in [0, 0.05) is 18.1 Å². The van der Waals surface area contributed by atoms with Crippen LogP contribution in [0.2, 0.25) is 0 Å². The molecule has 2 rings (SSSR count). The third-order valence-electron chi connectivity index (χ3n) is 3.09. The highest BCUT2D eigenvalue weighted by molar-refractivity contribution is 7.90. The average molecular weight is 267 g/mol. The van der Waals surface area contributed by atoms with Gasteiger partial charge in [-0.3, -0.25) is 0 Å². The lowest BCUT2D eigenvalue weighted by atomic mass is 9.87. The Morgan fingerprint density at radius 2 is 2.06 bits per heavy atom. The Kier molecular flexibility index (Phi) is 2.76. The highest BCUT2D eigenvalue weighted by Gasteiger charge is 2.42. The van der Waals surface area contributed by atoms with E-state index in [9.17, 15) is 21.6 Å². The number of fused-ring (bicyclic) bond motifs is 1. The van der Waals surface area contributed by atoms with Crippen molar-refractivity contribution < 1.29 is 21.6 Å². The molecule has 1 aliphatic carbocycles. The summed E-state index contributed by atoms with van der Waals surface area (Å²) in [6.45, 7) is 0. The standard InChI is InChI=1S/C10H12F3NO2S/c1-17(15,16)9-5-14-8-4-6(10(11,12)13)2-3-7(8)9/h5-6,14H,2-4H2,1H3. The molecular formula is C10H12F3NO2S. The molecule has 0 saturated carbocycles. The van der Waals surface area contributed by atoms with Gasteiger partial charge in [-0.1, -0.05) is 0 Å². The highest BCUT2D eigenvalue weighted by atomic mass is 32.2. The molecule has 0 fully saturated rings. The largest absolute Gasteiger partial charge is 0.392 e. The monoisotopic (exact) mass is 267 g/mol. The van der Waals surface area contributed by atoms with Crippen LogP contribution in [0.1, 0.15) is 17.7 Å². The van der Waals surface area contributed by atoms with Crippen molar-refractivity contribution in [1.82, 2.24) is 4.98 Å². The van der Waals surface area contributed by atoms with Crippen LogP contribution in [0, 0.1) is 5.92 Å². The predicted molar refractivity (Wildman–Crippen MR) is 55.5 cm³/mol. The van der Waals surface area contributed by atoms with Gasteiger partial charge in [0.25, 0.3) is 0 Å². The van der Waals surface area contributed by atoms with Crippen molar-refractivity contribution in [3.05, 3.63) is 17.5 Å². The fraction of sp³-hybridized carbons (Fsp3) is 0.600. The second kappa shape index (κ2) is 3.76. The zero-order valence-electron chi connectivity index (χ0n) is 9.13. The third kappa shape index (κ3) is 2.34. The number of aromatic nitrogens is 1. The lowest BCUT2D eigenvalue weighted by molar-refractivity contribution is -0.177. The number of aromatic amines is 1. The van der Waals surface area contributed by atoms with Crippen LogP contribution in [0.25, 0.3) is 0 Å². The Bertz CT molecular complexity index is 530. The molecule has 1 aromatic heterocycles. The average Bonchev–Trinajstić information content (AvgIpc) is 2.57. The summed E-state index contributed by atoms with van der Waals surface area (Å²) in [4.78, 5) is 2.79. The van der Waals surface area contributed by atoms with Crippen LogP contribution in [-0.4, -0.2) is 25.8 Å². The van der Waals surface area contributed by atoms with E-state index in [1.54, 1.807) is 0 Å². The van der Waals surface area contributed by atoms with E-state index in [-0.39, 0.29) is 24.2 Å². The van der Waals surface area contributed by atoms with Crippen molar-refractivity contribution in [3.63, 3.8) is 0 Å². The lowest BCUT2D eigenvalue weighted by Crippen LogP contribution is -2.29. The quantitative estimate of drug-likeness (QED) is 0.847. The lowest BCUT2D eigenvalue weighted by Gasteiger charge is -2.24. The summed E-state index contributed by atoms with van der Waals surface area (Å²) in [5.74, 6) is -1.37. The van der Waals surface area contributed by atoms with Crippen LogP contribution in [-0.2, 0) is 22.7 Å². The van der Waals surface area contributed by atoms with Crippen LogP contribution in [0.15, 0.2) is 11.1 Å². The minimum Gasteiger partial charge on any atom is -0.364 e. The van der Waals surface area contributed by atoms with E-state index < -0.39 is 21.9 Å². The number of sulfone groups is 1. The smallest absolute Gasteiger partial charge is 0.364 e. The van der Waals surface area contributed by atoms with Crippen LogP contribution >= 0.6 is 0 Å². The maximum absolute atomic E-state index is 12.5. The second-order valence-corrected chi connectivity index (χ2v) is 6.35. The summed E-state index contributed by atoms with van der Waals surface area (Å²) in [5, 5.41) is 0. The number of H-pyrrole nitrogens is 1. The maximum atomic E-state index is 12.5. The van der Waals surface area contributed by atoms with Crippen LogP contribution in [0.5, 0.6) is 0 Å². The third-order valence-corrected chi connectivity index (χ3v) is 4.26. The molecule has 0 bridgehead atoms. The molecule has 96 valence electrons. The minimum atomic E-state index is -4.21. The zero-order chi connectivity index (χ0) is 12.8. The molecule has 1 N–H and O–H groups in total. The summed E-state index contributed by atoms with van der Waals surface area (Å²) < 4.78 is 60.4. The Labute approximate surface area is 96.9 Å². The van der Waals surface area contributed by atoms with Crippen molar-refractivity contribution >= 4 is 9.84 Å². The van der Waals surface area contributed by atoms with Crippen molar-refractivity contribution in [2.45, 2.75) is 30.3 Å². The van der Waals surface area contributed by atoms with E-state index in [1.807, 2.05) is 0 Å². The highest BCUT2D eigenvalue weighted by Crippen LogP contribution is 2.38. The fourth-order valence-corrected chi connectivity index (χ4v) is 3.15. The number of halogens is 3.